The second kappa shape index (κ2) is 30.2. The van der Waals surface area contributed by atoms with Gasteiger partial charge in [-0.15, -0.1) is 0 Å². The van der Waals surface area contributed by atoms with Crippen LogP contribution in [0, 0.1) is 11.8 Å². The lowest BCUT2D eigenvalue weighted by molar-refractivity contribution is -0.286. The summed E-state index contributed by atoms with van der Waals surface area (Å²) in [7, 11) is 1.48. The van der Waals surface area contributed by atoms with Gasteiger partial charge < -0.3 is 123 Å². The Hall–Kier alpha value is -9.16. The standard InChI is InChI=1S/C67H77Cl2N9O23/c1-24(2)12-36(72-5)60(89)77-51-53(84)27-7-10-40(34(68)14-27)98-42-16-29-17-43(57(42)100-44-18-30(23-79)55(86)56(87)58(44)101-46-22-67(4,71)59(88)25(3)97-46)99-41-11-8-28(15-35(41)69)54(85)52-65(94)76-50(66(95)96)33-19-31(80)20-39(82)47(33)32-13-26(6-9-38(32)81)48(62(91)78-52)75-63(92)49(29)74-61(90)37(21-45(70)83)73-64(51)93/h6-11,13-17,19-20,24-25,30,36-37,44,46,48-56,58-59,72,79-82,84-88H,12,18,21-23,71H2,1-5H3,(H2,70,83)(H,73,93)(H,74,90)(H,75,92)(H,76,94)(H,77,89)(H,78,91)(H,95,96)/t25?,30?,36-,37+,44?,46?,48-,49-,50+,51?,52+,53-,54-,55?,56?,58?,59?,67?/m1/s1. The van der Waals surface area contributed by atoms with Crippen LogP contribution in [-0.2, 0) is 47.8 Å². The van der Waals surface area contributed by atoms with Gasteiger partial charge in [-0.2, -0.15) is 0 Å². The molecule has 0 aromatic heterocycles. The number of fused-ring (bicyclic) bond motifs is 15. The minimum absolute atomic E-state index is 0.0906. The number of nitrogens with one attached hydrogen (secondary N) is 7. The van der Waals surface area contributed by atoms with Gasteiger partial charge in [0, 0.05) is 47.2 Å². The predicted molar refractivity (Wildman–Crippen MR) is 353 cm³/mol. The maximum absolute atomic E-state index is 16.0. The molecule has 5 aromatic rings. The van der Waals surface area contributed by atoms with E-state index >= 15 is 14.4 Å². The first-order valence-corrected chi connectivity index (χ1v) is 32.7. The highest BCUT2D eigenvalue weighted by molar-refractivity contribution is 6.32. The monoisotopic (exact) mass is 1450 g/mol. The number of hydrogen-bond acceptors (Lipinski definition) is 24. The number of carbonyl (C=O) groups is 8. The average Bonchev–Trinajstić information content (AvgIpc) is 0.775. The molecule has 2 fully saturated rings. The predicted octanol–water partition coefficient (Wildman–Crippen LogP) is 0.770. The highest BCUT2D eigenvalue weighted by Gasteiger charge is 2.51. The van der Waals surface area contributed by atoms with Gasteiger partial charge in [-0.25, -0.2) is 4.79 Å². The number of aliphatic hydroxyl groups excluding tert-OH is 6. The van der Waals surface area contributed by atoms with Crippen LogP contribution in [0.2, 0.25) is 10.0 Å². The molecule has 18 atom stereocenters. The summed E-state index contributed by atoms with van der Waals surface area (Å²) in [6, 6.07) is -0.249. The summed E-state index contributed by atoms with van der Waals surface area (Å²) in [6.45, 7) is 5.96. The van der Waals surface area contributed by atoms with Crippen LogP contribution in [0.1, 0.15) is 112 Å². The smallest absolute Gasteiger partial charge is 0.330 e. The number of rotatable bonds is 13. The number of phenolic OH excluding ortho intramolecular Hbond substituents is 3. The van der Waals surface area contributed by atoms with Crippen molar-refractivity contribution in [3.05, 3.63) is 117 Å². The fourth-order valence-electron chi connectivity index (χ4n) is 13.0. The minimum atomic E-state index is -2.31. The van der Waals surface area contributed by atoms with Gasteiger partial charge in [0.25, 0.3) is 0 Å². The number of carbonyl (C=O) groups excluding carboxylic acids is 7. The molecule has 1 aliphatic carbocycles. The van der Waals surface area contributed by atoms with Crippen molar-refractivity contribution in [2.24, 2.45) is 23.3 Å². The molecule has 12 rings (SSSR count). The first-order chi connectivity index (χ1) is 47.7. The van der Waals surface area contributed by atoms with E-state index in [1.807, 2.05) is 13.8 Å². The summed E-state index contributed by atoms with van der Waals surface area (Å²) in [5.74, 6) is -16.6. The van der Waals surface area contributed by atoms with E-state index in [9.17, 15) is 75.0 Å². The topological polar surface area (TPSA) is 521 Å². The number of hydrogen-bond donors (Lipinski definition) is 19. The molecule has 7 aliphatic rings. The zero-order valence-corrected chi connectivity index (χ0v) is 56.1. The van der Waals surface area contributed by atoms with E-state index in [4.69, 9.17) is 58.4 Å². The second-order valence-electron chi connectivity index (χ2n) is 26.2. The lowest BCUT2D eigenvalue weighted by Gasteiger charge is -2.47. The first-order valence-electron chi connectivity index (χ1n) is 32.0. The van der Waals surface area contributed by atoms with Gasteiger partial charge in [0.05, 0.1) is 40.8 Å². The highest BCUT2D eigenvalue weighted by Crippen LogP contribution is 2.50. The Kier molecular flexibility index (Phi) is 22.3. The van der Waals surface area contributed by atoms with Gasteiger partial charge in [0.15, 0.2) is 23.8 Å². The molecule has 101 heavy (non-hydrogen) atoms. The lowest BCUT2D eigenvalue weighted by atomic mass is 9.80. The van der Waals surface area contributed by atoms with E-state index in [-0.39, 0.29) is 58.4 Å². The van der Waals surface area contributed by atoms with Gasteiger partial charge in [-0.3, -0.25) is 33.6 Å². The molecule has 34 heteroatoms. The maximum Gasteiger partial charge on any atom is 0.330 e. The molecule has 21 N–H and O–H groups in total. The number of aromatic hydroxyl groups is 3. The molecule has 6 heterocycles. The summed E-state index contributed by atoms with van der Waals surface area (Å²) in [5, 5.41) is 131. The highest BCUT2D eigenvalue weighted by atomic mass is 35.5. The fourth-order valence-corrected chi connectivity index (χ4v) is 13.4. The van der Waals surface area contributed by atoms with Crippen LogP contribution >= 0.6 is 23.2 Å². The third-order valence-corrected chi connectivity index (χ3v) is 18.9. The van der Waals surface area contributed by atoms with Crippen LogP contribution < -0.4 is 62.9 Å². The van der Waals surface area contributed by atoms with E-state index in [1.54, 1.807) is 0 Å². The molecule has 542 valence electrons. The van der Waals surface area contributed by atoms with Crippen LogP contribution in [0.5, 0.6) is 46.0 Å². The van der Waals surface area contributed by atoms with Crippen molar-refractivity contribution in [3.8, 4) is 57.1 Å². The number of aliphatic hydroxyl groups is 6. The number of phenols is 3. The summed E-state index contributed by atoms with van der Waals surface area (Å²) in [4.78, 5) is 117. The Morgan fingerprint density at radius 2 is 1.33 bits per heavy atom. The van der Waals surface area contributed by atoms with E-state index < -0.39 is 231 Å². The van der Waals surface area contributed by atoms with Crippen molar-refractivity contribution in [1.29, 1.82) is 0 Å². The molecule has 0 radical (unpaired) electrons. The van der Waals surface area contributed by atoms with E-state index in [2.05, 4.69) is 37.2 Å². The summed E-state index contributed by atoms with van der Waals surface area (Å²) in [5.41, 5.74) is 8.21. The number of benzene rings is 5. The van der Waals surface area contributed by atoms with Crippen LogP contribution in [0.25, 0.3) is 11.1 Å². The van der Waals surface area contributed by atoms with Crippen molar-refractivity contribution < 1.29 is 113 Å². The number of amides is 7. The number of nitrogens with two attached hydrogens (primary N) is 2. The molecule has 7 amide bonds. The van der Waals surface area contributed by atoms with Crippen molar-refractivity contribution >= 4 is 70.5 Å². The number of ether oxygens (including phenoxy) is 5. The number of carboxylic acids is 1. The molecule has 1 saturated carbocycles. The quantitative estimate of drug-likeness (QED) is 0.0774. The minimum Gasteiger partial charge on any atom is -0.508 e. The van der Waals surface area contributed by atoms with Crippen LogP contribution in [0.4, 0.5) is 0 Å². The molecule has 10 unspecified atom stereocenters. The maximum atomic E-state index is 16.0. The Bertz CT molecular complexity index is 4070. The first kappa shape index (κ1) is 74.5. The van der Waals surface area contributed by atoms with E-state index in [0.717, 1.165) is 60.7 Å². The number of primary amides is 1. The fraction of sp³-hybridized carbons (Fsp3) is 0.433. The molecule has 32 nitrogen and oxygen atoms in total. The van der Waals surface area contributed by atoms with E-state index in [0.29, 0.717) is 0 Å². The molecular formula is C67H77Cl2N9O23. The molecule has 1 saturated heterocycles. The summed E-state index contributed by atoms with van der Waals surface area (Å²) < 4.78 is 32.7. The lowest BCUT2D eigenvalue weighted by Crippen LogP contribution is -2.63. The van der Waals surface area contributed by atoms with Crippen LogP contribution in [0.15, 0.2) is 78.9 Å². The Balaban J connectivity index is 1.24. The molecule has 0 spiro atoms. The number of halogens is 2. The SMILES string of the molecule is CN[C@H](CC(C)C)C(=O)NC1C(=O)N[C@@H](CC(N)=O)C(=O)N[C@H]2C(=O)N[C@H]3C(=O)N[C@H](C(=O)N[C@H](C(=O)O)c4cc(O)cc(O)c4-c4cc3ccc4O)[C@H](O)c3ccc(c(Cl)c3)Oc3cc2cc(c3OC2CC(CO)C(O)C(O)C2OC2CC(C)(N)C(O)C(C)O2)Oc2ccc(cc2Cl)[C@H]1O. The van der Waals surface area contributed by atoms with Gasteiger partial charge in [0.1, 0.15) is 89.5 Å². The molecule has 5 aromatic carbocycles. The Morgan fingerprint density at radius 1 is 0.723 bits per heavy atom. The molecular weight excluding hydrogens is 1370 g/mol. The molecule has 11 bridgehead atoms. The third kappa shape index (κ3) is 15.8. The number of likely N-dealkylation sites (N-methyl/N-ethyl adjacent to an activating group) is 1. The van der Waals surface area contributed by atoms with Crippen LogP contribution in [-0.4, -0.2) is 185 Å². The summed E-state index contributed by atoms with van der Waals surface area (Å²) in [6.07, 6.45) is -15.9. The van der Waals surface area contributed by atoms with Crippen molar-refractivity contribution in [3.63, 3.8) is 0 Å². The summed E-state index contributed by atoms with van der Waals surface area (Å²) >= 11 is 14.2. The van der Waals surface area contributed by atoms with Crippen molar-refractivity contribution in [1.82, 2.24) is 37.2 Å². The van der Waals surface area contributed by atoms with Gasteiger partial charge in [-0.1, -0.05) is 55.2 Å². The zero-order chi connectivity index (χ0) is 73.5. The van der Waals surface area contributed by atoms with Crippen molar-refractivity contribution in [2.75, 3.05) is 13.7 Å². The third-order valence-electron chi connectivity index (χ3n) is 18.3. The second-order valence-corrected chi connectivity index (χ2v) is 27.0. The number of aliphatic carboxylic acids is 1. The number of carboxylic acid groups (broad SMARTS) is 1. The van der Waals surface area contributed by atoms with Crippen molar-refractivity contribution in [2.45, 2.75) is 156 Å². The zero-order valence-electron chi connectivity index (χ0n) is 54.6. The largest absolute Gasteiger partial charge is 0.508 e. The van der Waals surface area contributed by atoms with E-state index in [1.165, 1.54) is 39.1 Å². The van der Waals surface area contributed by atoms with Crippen LogP contribution in [0.3, 0.4) is 0 Å². The average molecular weight is 1450 g/mol. The Morgan fingerprint density at radius 3 is 1.91 bits per heavy atom. The Labute approximate surface area is 585 Å². The molecule has 6 aliphatic heterocycles. The normalized spacial score (nSPS) is 29.4. The van der Waals surface area contributed by atoms with Gasteiger partial charge >= 0.3 is 5.97 Å². The van der Waals surface area contributed by atoms with Gasteiger partial charge in [0.2, 0.25) is 47.1 Å². The van der Waals surface area contributed by atoms with Gasteiger partial charge in [-0.05, 0) is 117 Å².